The highest BCUT2D eigenvalue weighted by molar-refractivity contribution is 6.01. The first-order valence-electron chi connectivity index (χ1n) is 11.7. The number of hydrogen-bond donors (Lipinski definition) is 2. The lowest BCUT2D eigenvalue weighted by Crippen LogP contribution is -2.52. The van der Waals surface area contributed by atoms with Crippen molar-refractivity contribution in [3.05, 3.63) is 70.9 Å². The van der Waals surface area contributed by atoms with Crippen LogP contribution in [0.1, 0.15) is 35.7 Å². The molecule has 2 N–H and O–H groups in total. The minimum atomic E-state index is -4.87. The van der Waals surface area contributed by atoms with E-state index in [0.29, 0.717) is 29.8 Å². The molecule has 1 aliphatic rings. The molecule has 4 rings (SSSR count). The first-order valence-corrected chi connectivity index (χ1v) is 11.7. The van der Waals surface area contributed by atoms with Gasteiger partial charge in [0.05, 0.1) is 23.7 Å². The zero-order valence-corrected chi connectivity index (χ0v) is 20.4. The Hall–Kier alpha value is -3.67. The molecule has 38 heavy (non-hydrogen) atoms. The Bertz CT molecular complexity index is 1370. The summed E-state index contributed by atoms with van der Waals surface area (Å²) in [6.07, 6.45) is -8.98. The Labute approximate surface area is 214 Å². The van der Waals surface area contributed by atoms with Gasteiger partial charge in [-0.25, -0.2) is 4.98 Å². The molecule has 0 bridgehead atoms. The molecular weight excluding hydrogens is 514 g/mol. The Morgan fingerprint density at radius 2 is 1.79 bits per heavy atom. The summed E-state index contributed by atoms with van der Waals surface area (Å²) in [4.78, 5) is 30.9. The second-order valence-corrected chi connectivity index (χ2v) is 9.06. The molecule has 0 saturated heterocycles. The van der Waals surface area contributed by atoms with Crippen molar-refractivity contribution in [2.24, 2.45) is 0 Å². The number of amides is 2. The van der Waals surface area contributed by atoms with Crippen molar-refractivity contribution in [1.82, 2.24) is 15.6 Å². The second kappa shape index (κ2) is 10.2. The number of carbonyl (C=O) groups excluding carboxylic acids is 2. The summed E-state index contributed by atoms with van der Waals surface area (Å²) in [5.41, 5.74) is -1.67. The number of carbonyl (C=O) groups is 2. The van der Waals surface area contributed by atoms with Gasteiger partial charge in [0.15, 0.2) is 0 Å². The van der Waals surface area contributed by atoms with E-state index in [1.807, 2.05) is 0 Å². The zero-order valence-electron chi connectivity index (χ0n) is 20.4. The van der Waals surface area contributed by atoms with Gasteiger partial charge in [0, 0.05) is 11.1 Å². The number of benzene rings is 2. The van der Waals surface area contributed by atoms with Crippen molar-refractivity contribution < 1.29 is 35.9 Å². The van der Waals surface area contributed by atoms with E-state index >= 15 is 0 Å². The molecule has 202 valence electrons. The number of para-hydroxylation sites is 1. The van der Waals surface area contributed by atoms with Gasteiger partial charge in [0.1, 0.15) is 11.7 Å². The Morgan fingerprint density at radius 3 is 2.45 bits per heavy atom. The molecule has 2 atom stereocenters. The van der Waals surface area contributed by atoms with Gasteiger partial charge < -0.3 is 15.5 Å². The molecule has 12 heteroatoms. The first-order chi connectivity index (χ1) is 17.8. The molecule has 0 fully saturated rings. The number of alkyl halides is 6. The molecule has 3 aromatic rings. The predicted molar refractivity (Wildman–Crippen MR) is 128 cm³/mol. The third-order valence-electron chi connectivity index (χ3n) is 6.53. The molecule has 0 aliphatic carbocycles. The molecule has 2 heterocycles. The van der Waals surface area contributed by atoms with Crippen LogP contribution in [0.3, 0.4) is 0 Å². The maximum atomic E-state index is 13.7. The van der Waals surface area contributed by atoms with E-state index in [1.165, 1.54) is 4.90 Å². The summed E-state index contributed by atoms with van der Waals surface area (Å²) in [7, 11) is 1.57. The lowest BCUT2D eigenvalue weighted by molar-refractivity contribution is -0.141. The standard InChI is InChI=1S/C26H24F6N4O2/c1-14(33-2)23(37)35-20-9-7-15-5-3-4-6-21(15)36(24(20)38)13-16-11-22(26(30,31)32)34-19-10-8-17(12-18(16)19)25(27,28)29/h3-6,8,10-12,14,20,33H,7,9,13H2,1-2H3,(H,35,37)/t14-,20-/m0/s1. The molecule has 0 radical (unpaired) electrons. The molecule has 1 aliphatic heterocycles. The topological polar surface area (TPSA) is 74.3 Å². The van der Waals surface area contributed by atoms with Gasteiger partial charge in [-0.3, -0.25) is 9.59 Å². The fraction of sp³-hybridized carbons (Fsp3) is 0.346. The van der Waals surface area contributed by atoms with Crippen LogP contribution >= 0.6 is 0 Å². The van der Waals surface area contributed by atoms with Gasteiger partial charge in [0.25, 0.3) is 0 Å². The number of rotatable bonds is 5. The average molecular weight is 538 g/mol. The first kappa shape index (κ1) is 27.4. The number of anilines is 1. The third kappa shape index (κ3) is 5.59. The van der Waals surface area contributed by atoms with Gasteiger partial charge in [-0.1, -0.05) is 18.2 Å². The third-order valence-corrected chi connectivity index (χ3v) is 6.53. The van der Waals surface area contributed by atoms with Crippen LogP contribution in [0.4, 0.5) is 32.0 Å². The molecule has 6 nitrogen and oxygen atoms in total. The number of nitrogens with one attached hydrogen (secondary N) is 2. The molecule has 0 unspecified atom stereocenters. The number of aryl methyl sites for hydroxylation is 1. The van der Waals surface area contributed by atoms with Gasteiger partial charge in [0.2, 0.25) is 11.8 Å². The average Bonchev–Trinajstić information content (AvgIpc) is 2.99. The molecule has 2 amide bonds. The lowest BCUT2D eigenvalue weighted by atomic mass is 10.0. The predicted octanol–water partition coefficient (Wildman–Crippen LogP) is 4.84. The van der Waals surface area contributed by atoms with E-state index in [9.17, 15) is 35.9 Å². The number of likely N-dealkylation sites (N-methyl/N-ethyl adjacent to an activating group) is 1. The van der Waals surface area contributed by atoms with Crippen molar-refractivity contribution in [3.8, 4) is 0 Å². The number of aromatic nitrogens is 1. The van der Waals surface area contributed by atoms with Gasteiger partial charge in [-0.2, -0.15) is 26.3 Å². The highest BCUT2D eigenvalue weighted by Crippen LogP contribution is 2.36. The zero-order chi connectivity index (χ0) is 27.8. The van der Waals surface area contributed by atoms with E-state index < -0.39 is 54.1 Å². The van der Waals surface area contributed by atoms with E-state index in [0.717, 1.165) is 12.1 Å². The largest absolute Gasteiger partial charge is 0.433 e. The molecule has 2 aromatic carbocycles. The molecule has 1 aromatic heterocycles. The molecule has 0 spiro atoms. The van der Waals surface area contributed by atoms with Crippen LogP contribution in [0.5, 0.6) is 0 Å². The fourth-order valence-electron chi connectivity index (χ4n) is 4.36. The van der Waals surface area contributed by atoms with Crippen LogP contribution < -0.4 is 15.5 Å². The SMILES string of the molecule is CN[C@@H](C)C(=O)N[C@H]1CCc2ccccc2N(Cc2cc(C(F)(F)F)nc3ccc(C(F)(F)F)cc23)C1=O. The highest BCUT2D eigenvalue weighted by atomic mass is 19.4. The second-order valence-electron chi connectivity index (χ2n) is 9.06. The monoisotopic (exact) mass is 538 g/mol. The van der Waals surface area contributed by atoms with E-state index in [2.05, 4.69) is 15.6 Å². The van der Waals surface area contributed by atoms with Gasteiger partial charge in [-0.15, -0.1) is 0 Å². The summed E-state index contributed by atoms with van der Waals surface area (Å²) < 4.78 is 81.3. The number of hydrogen-bond acceptors (Lipinski definition) is 4. The quantitative estimate of drug-likeness (QED) is 0.456. The van der Waals surface area contributed by atoms with Crippen molar-refractivity contribution in [2.75, 3.05) is 11.9 Å². The Kier molecular flexibility index (Phi) is 7.37. The number of nitrogens with zero attached hydrogens (tertiary/aromatic N) is 2. The van der Waals surface area contributed by atoms with Crippen molar-refractivity contribution in [3.63, 3.8) is 0 Å². The van der Waals surface area contributed by atoms with Crippen LogP contribution in [-0.4, -0.2) is 35.9 Å². The summed E-state index contributed by atoms with van der Waals surface area (Å²) >= 11 is 0. The van der Waals surface area contributed by atoms with E-state index in [-0.39, 0.29) is 22.9 Å². The minimum absolute atomic E-state index is 0.160. The number of fused-ring (bicyclic) bond motifs is 2. The summed E-state index contributed by atoms with van der Waals surface area (Å²) in [5.74, 6) is -1.03. The van der Waals surface area contributed by atoms with Gasteiger partial charge >= 0.3 is 12.4 Å². The van der Waals surface area contributed by atoms with Crippen molar-refractivity contribution >= 4 is 28.4 Å². The van der Waals surface area contributed by atoms with Crippen molar-refractivity contribution in [1.29, 1.82) is 0 Å². The van der Waals surface area contributed by atoms with Crippen LogP contribution in [0.25, 0.3) is 10.9 Å². The minimum Gasteiger partial charge on any atom is -0.343 e. The maximum Gasteiger partial charge on any atom is 0.433 e. The summed E-state index contributed by atoms with van der Waals surface area (Å²) in [6, 6.07) is 8.11. The molecular formula is C26H24F6N4O2. The molecule has 0 saturated carbocycles. The van der Waals surface area contributed by atoms with Crippen LogP contribution in [0.15, 0.2) is 48.5 Å². The van der Waals surface area contributed by atoms with E-state index in [4.69, 9.17) is 0 Å². The smallest absolute Gasteiger partial charge is 0.343 e. The van der Waals surface area contributed by atoms with Gasteiger partial charge in [-0.05, 0) is 68.3 Å². The number of pyridine rings is 1. The summed E-state index contributed by atoms with van der Waals surface area (Å²) in [6.45, 7) is 1.14. The van der Waals surface area contributed by atoms with Crippen LogP contribution in [-0.2, 0) is 34.9 Å². The van der Waals surface area contributed by atoms with Crippen LogP contribution in [0, 0.1) is 0 Å². The maximum absolute atomic E-state index is 13.7. The van der Waals surface area contributed by atoms with Crippen LogP contribution in [0.2, 0.25) is 0 Å². The van der Waals surface area contributed by atoms with Crippen molar-refractivity contribution in [2.45, 2.75) is 50.7 Å². The lowest BCUT2D eigenvalue weighted by Gasteiger charge is -2.28. The fourth-order valence-corrected chi connectivity index (χ4v) is 4.36. The normalized spacial score (nSPS) is 17.2. The summed E-state index contributed by atoms with van der Waals surface area (Å²) in [5, 5.41) is 5.29. The van der Waals surface area contributed by atoms with E-state index in [1.54, 1.807) is 38.2 Å². The highest BCUT2D eigenvalue weighted by Gasteiger charge is 2.37. The Balaban J connectivity index is 1.84. The number of halogens is 6. The Morgan fingerprint density at radius 1 is 1.08 bits per heavy atom.